The van der Waals surface area contributed by atoms with Crippen molar-refractivity contribution in [2.75, 3.05) is 25.4 Å². The van der Waals surface area contributed by atoms with Gasteiger partial charge in [0.1, 0.15) is 6.61 Å². The molecule has 0 saturated carbocycles. The van der Waals surface area contributed by atoms with Crippen molar-refractivity contribution in [3.63, 3.8) is 0 Å². The number of hydrogen-bond donors (Lipinski definition) is 2. The maximum atomic E-state index is 10.7. The first-order valence-electron chi connectivity index (χ1n) is 6.74. The van der Waals surface area contributed by atoms with Crippen LogP contribution in [-0.2, 0) is 17.9 Å². The van der Waals surface area contributed by atoms with E-state index in [1.807, 2.05) is 4.57 Å². The molecule has 1 aromatic rings. The monoisotopic (exact) mass is 300 g/mol. The highest BCUT2D eigenvalue weighted by Gasteiger charge is 2.24. The Morgan fingerprint density at radius 1 is 1.50 bits per heavy atom. The zero-order valence-electron chi connectivity index (χ0n) is 11.5. The lowest BCUT2D eigenvalue weighted by Crippen LogP contribution is -2.22. The van der Waals surface area contributed by atoms with Crippen LogP contribution in [0.1, 0.15) is 19.2 Å². The summed E-state index contributed by atoms with van der Waals surface area (Å²) in [5.41, 5.74) is 0. The Morgan fingerprint density at radius 2 is 2.30 bits per heavy atom. The van der Waals surface area contributed by atoms with Gasteiger partial charge in [0, 0.05) is 13.1 Å². The summed E-state index contributed by atoms with van der Waals surface area (Å²) in [5.74, 6) is 0.0800. The lowest BCUT2D eigenvalue weighted by atomic mass is 10.1. The van der Waals surface area contributed by atoms with Gasteiger partial charge in [0.15, 0.2) is 11.0 Å². The molecule has 1 atom stereocenters. The second kappa shape index (κ2) is 7.05. The van der Waals surface area contributed by atoms with Crippen molar-refractivity contribution in [1.82, 2.24) is 19.7 Å². The molecule has 0 bridgehead atoms. The molecule has 0 aliphatic carbocycles. The Hall–Kier alpha value is -1.12. The van der Waals surface area contributed by atoms with Crippen molar-refractivity contribution < 1.29 is 15.0 Å². The van der Waals surface area contributed by atoms with Crippen molar-refractivity contribution >= 4 is 17.7 Å². The van der Waals surface area contributed by atoms with E-state index in [4.69, 9.17) is 5.11 Å². The summed E-state index contributed by atoms with van der Waals surface area (Å²) in [6.45, 7) is 5.88. The molecular weight excluding hydrogens is 280 g/mol. The van der Waals surface area contributed by atoms with Crippen LogP contribution in [0.3, 0.4) is 0 Å². The van der Waals surface area contributed by atoms with Crippen LogP contribution < -0.4 is 0 Å². The topological polar surface area (TPSA) is 91.5 Å². The summed E-state index contributed by atoms with van der Waals surface area (Å²) >= 11 is 1.15. The Balaban J connectivity index is 2.04. The third-order valence-electron chi connectivity index (χ3n) is 3.52. The number of aliphatic carboxylic acids is 1. The molecular formula is C12H20N4O3S. The summed E-state index contributed by atoms with van der Waals surface area (Å²) < 4.78 is 1.86. The molecule has 0 aromatic carbocycles. The molecule has 1 saturated heterocycles. The Labute approximate surface area is 122 Å². The fraction of sp³-hybridized carbons (Fsp3) is 0.750. The zero-order chi connectivity index (χ0) is 14.5. The zero-order valence-corrected chi connectivity index (χ0v) is 12.3. The Kier molecular flexibility index (Phi) is 5.38. The maximum absolute atomic E-state index is 10.7. The van der Waals surface area contributed by atoms with E-state index in [9.17, 15) is 9.90 Å². The lowest BCUT2D eigenvalue weighted by Gasteiger charge is -2.15. The van der Waals surface area contributed by atoms with E-state index in [0.29, 0.717) is 16.9 Å². The number of hydrogen-bond acceptors (Lipinski definition) is 6. The van der Waals surface area contributed by atoms with Gasteiger partial charge in [-0.15, -0.1) is 10.2 Å². The van der Waals surface area contributed by atoms with E-state index in [-0.39, 0.29) is 12.4 Å². The fourth-order valence-electron chi connectivity index (χ4n) is 2.46. The highest BCUT2D eigenvalue weighted by molar-refractivity contribution is 7.99. The number of carboxylic acid groups (broad SMARTS) is 1. The van der Waals surface area contributed by atoms with Gasteiger partial charge in [-0.3, -0.25) is 4.79 Å². The van der Waals surface area contributed by atoms with Crippen LogP contribution in [0.5, 0.6) is 0 Å². The molecule has 2 heterocycles. The number of rotatable bonds is 7. The first-order valence-corrected chi connectivity index (χ1v) is 7.72. The molecule has 0 amide bonds. The van der Waals surface area contributed by atoms with Crippen LogP contribution in [-0.4, -0.2) is 61.2 Å². The minimum absolute atomic E-state index is 0.0463. The smallest absolute Gasteiger partial charge is 0.313 e. The number of likely N-dealkylation sites (tertiary alicyclic amines) is 1. The summed E-state index contributed by atoms with van der Waals surface area (Å²) in [4.78, 5) is 13.0. The molecule has 0 radical (unpaired) electrons. The second-order valence-electron chi connectivity index (χ2n) is 4.90. The van der Waals surface area contributed by atoms with E-state index in [0.717, 1.165) is 44.4 Å². The van der Waals surface area contributed by atoms with E-state index in [1.54, 1.807) is 0 Å². The van der Waals surface area contributed by atoms with Crippen LogP contribution in [0.2, 0.25) is 0 Å². The SMILES string of the molecule is CCN1CCC(Cn2c(CO)nnc2SCC(=O)O)C1. The van der Waals surface area contributed by atoms with Crippen LogP contribution in [0.25, 0.3) is 0 Å². The molecule has 1 aliphatic rings. The van der Waals surface area contributed by atoms with Gasteiger partial charge in [0.2, 0.25) is 0 Å². The first kappa shape index (κ1) is 15.3. The molecule has 1 aliphatic heterocycles. The number of aliphatic hydroxyl groups excluding tert-OH is 1. The highest BCUT2D eigenvalue weighted by atomic mass is 32.2. The summed E-state index contributed by atoms with van der Waals surface area (Å²) in [7, 11) is 0. The quantitative estimate of drug-likeness (QED) is 0.699. The predicted molar refractivity (Wildman–Crippen MR) is 74.5 cm³/mol. The van der Waals surface area contributed by atoms with Crippen LogP contribution in [0, 0.1) is 5.92 Å². The normalized spacial score (nSPS) is 19.6. The minimum atomic E-state index is -0.881. The van der Waals surface area contributed by atoms with Crippen LogP contribution in [0.4, 0.5) is 0 Å². The maximum Gasteiger partial charge on any atom is 0.313 e. The van der Waals surface area contributed by atoms with E-state index < -0.39 is 5.97 Å². The summed E-state index contributed by atoms with van der Waals surface area (Å²) in [6.07, 6.45) is 1.11. The van der Waals surface area contributed by atoms with E-state index in [2.05, 4.69) is 22.0 Å². The molecule has 8 heteroatoms. The third-order valence-corrected chi connectivity index (χ3v) is 4.47. The fourth-order valence-corrected chi connectivity index (χ4v) is 3.15. The Bertz CT molecular complexity index is 466. The van der Waals surface area contributed by atoms with Gasteiger partial charge < -0.3 is 19.7 Å². The predicted octanol–water partition coefficient (Wildman–Crippen LogP) is 0.289. The summed E-state index contributed by atoms with van der Waals surface area (Å²) in [5, 5.41) is 26.6. The average Bonchev–Trinajstić information content (AvgIpc) is 3.03. The average molecular weight is 300 g/mol. The number of carbonyl (C=O) groups is 1. The molecule has 1 fully saturated rings. The Morgan fingerprint density at radius 3 is 2.90 bits per heavy atom. The van der Waals surface area contributed by atoms with E-state index >= 15 is 0 Å². The van der Waals surface area contributed by atoms with Crippen LogP contribution >= 0.6 is 11.8 Å². The molecule has 2 rings (SSSR count). The van der Waals surface area contributed by atoms with Gasteiger partial charge in [-0.2, -0.15) is 0 Å². The molecule has 20 heavy (non-hydrogen) atoms. The standard InChI is InChI=1S/C12H20N4O3S/c1-2-15-4-3-9(5-15)6-16-10(7-17)13-14-12(16)20-8-11(18)19/h9,17H,2-8H2,1H3,(H,18,19). The molecule has 7 nitrogen and oxygen atoms in total. The van der Waals surface area contributed by atoms with Crippen molar-refractivity contribution in [1.29, 1.82) is 0 Å². The van der Waals surface area contributed by atoms with Gasteiger partial charge in [0.05, 0.1) is 5.75 Å². The third kappa shape index (κ3) is 3.71. The lowest BCUT2D eigenvalue weighted by molar-refractivity contribution is -0.133. The highest BCUT2D eigenvalue weighted by Crippen LogP contribution is 2.23. The number of nitrogens with zero attached hydrogens (tertiary/aromatic N) is 4. The van der Waals surface area contributed by atoms with Gasteiger partial charge in [-0.05, 0) is 25.4 Å². The minimum Gasteiger partial charge on any atom is -0.481 e. The van der Waals surface area contributed by atoms with Gasteiger partial charge in [0.25, 0.3) is 0 Å². The van der Waals surface area contributed by atoms with Gasteiger partial charge in [-0.25, -0.2) is 0 Å². The number of aromatic nitrogens is 3. The molecule has 0 spiro atoms. The first-order chi connectivity index (χ1) is 9.63. The van der Waals surface area contributed by atoms with Crippen molar-refractivity contribution in [2.24, 2.45) is 5.92 Å². The van der Waals surface area contributed by atoms with Gasteiger partial charge >= 0.3 is 5.97 Å². The molecule has 1 unspecified atom stereocenters. The van der Waals surface area contributed by atoms with Crippen molar-refractivity contribution in [3.05, 3.63) is 5.82 Å². The number of aliphatic hydroxyl groups is 1. The summed E-state index contributed by atoms with van der Waals surface area (Å²) in [6, 6.07) is 0. The van der Waals surface area contributed by atoms with Crippen molar-refractivity contribution in [3.8, 4) is 0 Å². The number of carboxylic acids is 1. The molecule has 112 valence electrons. The van der Waals surface area contributed by atoms with Crippen LogP contribution in [0.15, 0.2) is 5.16 Å². The van der Waals surface area contributed by atoms with Gasteiger partial charge in [-0.1, -0.05) is 18.7 Å². The largest absolute Gasteiger partial charge is 0.481 e. The molecule has 1 aromatic heterocycles. The second-order valence-corrected chi connectivity index (χ2v) is 5.84. The molecule has 2 N–H and O–H groups in total. The number of thioether (sulfide) groups is 1. The van der Waals surface area contributed by atoms with E-state index in [1.165, 1.54) is 0 Å². The van der Waals surface area contributed by atoms with Crippen molar-refractivity contribution in [2.45, 2.75) is 31.7 Å².